The summed E-state index contributed by atoms with van der Waals surface area (Å²) in [5.74, 6) is 0.512. The summed E-state index contributed by atoms with van der Waals surface area (Å²) in [6.45, 7) is 9.26. The molecule has 2 rings (SSSR count). The normalized spacial score (nSPS) is 20.1. The summed E-state index contributed by atoms with van der Waals surface area (Å²) < 4.78 is 14.2. The van der Waals surface area contributed by atoms with E-state index in [9.17, 15) is 4.39 Å². The van der Waals surface area contributed by atoms with Crippen molar-refractivity contribution in [1.29, 1.82) is 0 Å². The van der Waals surface area contributed by atoms with Gasteiger partial charge in [0.15, 0.2) is 0 Å². The maximum absolute atomic E-state index is 14.2. The highest BCUT2D eigenvalue weighted by Gasteiger charge is 2.33. The fourth-order valence-electron chi connectivity index (χ4n) is 2.94. The first-order valence-corrected chi connectivity index (χ1v) is 7.16. The van der Waals surface area contributed by atoms with E-state index in [2.05, 4.69) is 25.7 Å². The Kier molecular flexibility index (Phi) is 4.14. The van der Waals surface area contributed by atoms with Crippen LogP contribution in [0.2, 0.25) is 0 Å². The quantitative estimate of drug-likeness (QED) is 0.908. The van der Waals surface area contributed by atoms with Gasteiger partial charge in [-0.3, -0.25) is 0 Å². The van der Waals surface area contributed by atoms with Crippen molar-refractivity contribution < 1.29 is 4.39 Å². The molecule has 2 N–H and O–H groups in total. The van der Waals surface area contributed by atoms with Crippen molar-refractivity contribution in [3.05, 3.63) is 29.6 Å². The lowest BCUT2D eigenvalue weighted by Crippen LogP contribution is -2.27. The number of nitrogens with two attached hydrogens (primary N) is 1. The van der Waals surface area contributed by atoms with Crippen molar-refractivity contribution in [3.8, 4) is 0 Å². The second kappa shape index (κ2) is 5.49. The third-order valence-corrected chi connectivity index (χ3v) is 4.21. The van der Waals surface area contributed by atoms with Crippen LogP contribution in [0.5, 0.6) is 0 Å². The summed E-state index contributed by atoms with van der Waals surface area (Å²) in [6, 6.07) is 5.33. The van der Waals surface area contributed by atoms with Crippen LogP contribution in [0, 0.1) is 17.2 Å². The van der Waals surface area contributed by atoms with Crippen LogP contribution in [0.4, 0.5) is 10.1 Å². The molecule has 106 valence electrons. The number of hydrogen-bond donors (Lipinski definition) is 1. The van der Waals surface area contributed by atoms with Crippen molar-refractivity contribution >= 4 is 5.69 Å². The molecule has 1 saturated heterocycles. The number of para-hydroxylation sites is 1. The van der Waals surface area contributed by atoms with E-state index in [0.29, 0.717) is 12.5 Å². The maximum Gasteiger partial charge on any atom is 0.146 e. The van der Waals surface area contributed by atoms with Gasteiger partial charge in [0.1, 0.15) is 5.82 Å². The first-order valence-electron chi connectivity index (χ1n) is 7.16. The number of hydrogen-bond acceptors (Lipinski definition) is 2. The van der Waals surface area contributed by atoms with Gasteiger partial charge in [-0.05, 0) is 42.3 Å². The van der Waals surface area contributed by atoms with Crippen LogP contribution in [0.25, 0.3) is 0 Å². The molecule has 0 spiro atoms. The minimum Gasteiger partial charge on any atom is -0.369 e. The Morgan fingerprint density at radius 3 is 2.68 bits per heavy atom. The third-order valence-electron chi connectivity index (χ3n) is 4.21. The summed E-state index contributed by atoms with van der Waals surface area (Å²) >= 11 is 0. The summed E-state index contributed by atoms with van der Waals surface area (Å²) in [7, 11) is 0. The van der Waals surface area contributed by atoms with Gasteiger partial charge in [0, 0.05) is 13.1 Å². The van der Waals surface area contributed by atoms with Crippen LogP contribution in [0.15, 0.2) is 18.2 Å². The highest BCUT2D eigenvalue weighted by atomic mass is 19.1. The predicted octanol–water partition coefficient (Wildman–Crippen LogP) is 3.20. The number of nitrogens with zero attached hydrogens (tertiary/aromatic N) is 1. The Morgan fingerprint density at radius 2 is 2.11 bits per heavy atom. The second-order valence-electron chi connectivity index (χ2n) is 6.58. The summed E-state index contributed by atoms with van der Waals surface area (Å²) in [5.41, 5.74) is 7.74. The topological polar surface area (TPSA) is 29.3 Å². The number of halogens is 1. The average Bonchev–Trinajstić information content (AvgIpc) is 2.78. The molecule has 1 aliphatic rings. The van der Waals surface area contributed by atoms with Crippen molar-refractivity contribution in [2.24, 2.45) is 17.1 Å². The Morgan fingerprint density at radius 1 is 1.37 bits per heavy atom. The minimum absolute atomic E-state index is 0.111. The van der Waals surface area contributed by atoms with Gasteiger partial charge >= 0.3 is 0 Å². The molecule has 0 radical (unpaired) electrons. The van der Waals surface area contributed by atoms with E-state index >= 15 is 0 Å². The SMILES string of the molecule is CC(C)(C)C1CCN(c2c(F)cccc2CCN)C1. The third kappa shape index (κ3) is 3.08. The van der Waals surface area contributed by atoms with Crippen LogP contribution >= 0.6 is 0 Å². The zero-order chi connectivity index (χ0) is 14.0. The lowest BCUT2D eigenvalue weighted by Gasteiger charge is -2.28. The monoisotopic (exact) mass is 264 g/mol. The number of anilines is 1. The number of rotatable bonds is 3. The molecular weight excluding hydrogens is 239 g/mol. The van der Waals surface area contributed by atoms with Gasteiger partial charge in [0.05, 0.1) is 5.69 Å². The summed E-state index contributed by atoms with van der Waals surface area (Å²) in [4.78, 5) is 2.20. The highest BCUT2D eigenvalue weighted by molar-refractivity contribution is 5.56. The molecule has 3 heteroatoms. The van der Waals surface area contributed by atoms with Crippen LogP contribution in [-0.2, 0) is 6.42 Å². The van der Waals surface area contributed by atoms with Gasteiger partial charge < -0.3 is 10.6 Å². The zero-order valence-corrected chi connectivity index (χ0v) is 12.2. The lowest BCUT2D eigenvalue weighted by molar-refractivity contribution is 0.263. The van der Waals surface area contributed by atoms with Crippen LogP contribution in [0.3, 0.4) is 0 Å². The molecule has 0 saturated carbocycles. The molecule has 1 fully saturated rings. The smallest absolute Gasteiger partial charge is 0.146 e. The molecule has 19 heavy (non-hydrogen) atoms. The van der Waals surface area contributed by atoms with Gasteiger partial charge in [-0.25, -0.2) is 4.39 Å². The van der Waals surface area contributed by atoms with Crippen LogP contribution < -0.4 is 10.6 Å². The van der Waals surface area contributed by atoms with E-state index in [-0.39, 0.29) is 11.2 Å². The first-order chi connectivity index (χ1) is 8.93. The van der Waals surface area contributed by atoms with Crippen LogP contribution in [-0.4, -0.2) is 19.6 Å². The van der Waals surface area contributed by atoms with Gasteiger partial charge in [-0.15, -0.1) is 0 Å². The first kappa shape index (κ1) is 14.3. The van der Waals surface area contributed by atoms with Crippen molar-refractivity contribution in [3.63, 3.8) is 0 Å². The molecule has 0 amide bonds. The van der Waals surface area contributed by atoms with Crippen molar-refractivity contribution in [1.82, 2.24) is 0 Å². The van der Waals surface area contributed by atoms with Crippen molar-refractivity contribution in [2.75, 3.05) is 24.5 Å². The van der Waals surface area contributed by atoms with E-state index < -0.39 is 0 Å². The Balaban J connectivity index is 2.24. The van der Waals surface area contributed by atoms with E-state index in [4.69, 9.17) is 5.73 Å². The van der Waals surface area contributed by atoms with E-state index in [1.54, 1.807) is 12.1 Å². The van der Waals surface area contributed by atoms with Gasteiger partial charge in [-0.2, -0.15) is 0 Å². The molecule has 1 aliphatic heterocycles. The molecule has 1 atom stereocenters. The molecular formula is C16H25FN2. The second-order valence-corrected chi connectivity index (χ2v) is 6.58. The predicted molar refractivity (Wildman–Crippen MR) is 78.9 cm³/mol. The molecule has 1 aromatic carbocycles. The Labute approximate surface area is 115 Å². The highest BCUT2D eigenvalue weighted by Crippen LogP contribution is 2.37. The Bertz CT molecular complexity index is 437. The van der Waals surface area contributed by atoms with Gasteiger partial charge in [0.2, 0.25) is 0 Å². The van der Waals surface area contributed by atoms with Crippen molar-refractivity contribution in [2.45, 2.75) is 33.6 Å². The number of benzene rings is 1. The minimum atomic E-state index is -0.111. The fourth-order valence-corrected chi connectivity index (χ4v) is 2.94. The zero-order valence-electron chi connectivity index (χ0n) is 12.2. The maximum atomic E-state index is 14.2. The molecule has 0 bridgehead atoms. The van der Waals surface area contributed by atoms with E-state index in [0.717, 1.165) is 37.2 Å². The van der Waals surface area contributed by atoms with Gasteiger partial charge in [-0.1, -0.05) is 32.9 Å². The lowest BCUT2D eigenvalue weighted by atomic mass is 9.80. The van der Waals surface area contributed by atoms with E-state index in [1.807, 2.05) is 6.07 Å². The summed E-state index contributed by atoms with van der Waals surface area (Å²) in [6.07, 6.45) is 1.88. The van der Waals surface area contributed by atoms with E-state index in [1.165, 1.54) is 0 Å². The largest absolute Gasteiger partial charge is 0.369 e. The van der Waals surface area contributed by atoms with Gasteiger partial charge in [0.25, 0.3) is 0 Å². The average molecular weight is 264 g/mol. The molecule has 1 unspecified atom stereocenters. The molecule has 0 aromatic heterocycles. The molecule has 2 nitrogen and oxygen atoms in total. The standard InChI is InChI=1S/C16H25FN2/c1-16(2,3)13-8-10-19(11-13)15-12(7-9-18)5-4-6-14(15)17/h4-6,13H,7-11,18H2,1-3H3. The molecule has 0 aliphatic carbocycles. The van der Waals surface area contributed by atoms with Crippen LogP contribution in [0.1, 0.15) is 32.8 Å². The Hall–Kier alpha value is -1.09. The summed E-state index contributed by atoms with van der Waals surface area (Å²) in [5, 5.41) is 0. The fraction of sp³-hybridized carbons (Fsp3) is 0.625. The molecule has 1 aromatic rings. The molecule has 1 heterocycles.